The van der Waals surface area contributed by atoms with E-state index in [1.165, 1.54) is 12.1 Å². The number of pyridine rings is 1. The Labute approximate surface area is 197 Å². The zero-order chi connectivity index (χ0) is 28.0. The van der Waals surface area contributed by atoms with Crippen LogP contribution in [0.2, 0.25) is 0 Å². The van der Waals surface area contributed by atoms with Gasteiger partial charge in [0.25, 0.3) is 5.91 Å². The third-order valence-electron chi connectivity index (χ3n) is 6.20. The van der Waals surface area contributed by atoms with Crippen LogP contribution in [-0.4, -0.2) is 69.5 Å². The summed E-state index contributed by atoms with van der Waals surface area (Å²) in [5.74, 6) is -1.07. The van der Waals surface area contributed by atoms with Crippen LogP contribution in [0, 0.1) is 0 Å². The van der Waals surface area contributed by atoms with E-state index in [1.807, 2.05) is 17.7 Å². The van der Waals surface area contributed by atoms with E-state index in [1.54, 1.807) is 24.4 Å². The normalized spacial score (nSPS) is 19.1. The molecule has 1 atom stereocenters. The maximum absolute atomic E-state index is 12.7. The van der Waals surface area contributed by atoms with Gasteiger partial charge < -0.3 is 19.5 Å². The maximum Gasteiger partial charge on any atom is 0.489 e. The number of rotatable bonds is 5. The molecular weight excluding hydrogens is 403 g/mol. The van der Waals surface area contributed by atoms with Crippen LogP contribution in [0.15, 0.2) is 48.7 Å². The second-order valence-electron chi connectivity index (χ2n) is 8.01. The molecular formula is C24H29BN4O3. The lowest BCUT2D eigenvalue weighted by Gasteiger charge is -2.32. The van der Waals surface area contributed by atoms with E-state index in [0.29, 0.717) is 23.0 Å². The average molecular weight is 438 g/mol. The fourth-order valence-corrected chi connectivity index (χ4v) is 4.33. The quantitative estimate of drug-likeness (QED) is 0.594. The molecule has 4 rings (SSSR count). The summed E-state index contributed by atoms with van der Waals surface area (Å²) in [5.41, 5.74) is 4.01. The first-order valence-corrected chi connectivity index (χ1v) is 10.4. The molecule has 1 aliphatic rings. The summed E-state index contributed by atoms with van der Waals surface area (Å²) in [6.07, 6.45) is 4.39. The predicted octanol–water partition coefficient (Wildman–Crippen LogP) is 1.81. The highest BCUT2D eigenvalue weighted by molar-refractivity contribution is 6.61. The van der Waals surface area contributed by atoms with Crippen molar-refractivity contribution in [3.63, 3.8) is 0 Å². The maximum atomic E-state index is 12.7. The molecule has 0 radical (unpaired) electrons. The second kappa shape index (κ2) is 8.90. The van der Waals surface area contributed by atoms with Crippen LogP contribution in [0.25, 0.3) is 16.6 Å². The number of fused-ring (bicyclic) bond motifs is 1. The average Bonchev–Trinajstić information content (AvgIpc) is 3.18. The van der Waals surface area contributed by atoms with E-state index >= 15 is 0 Å². The van der Waals surface area contributed by atoms with Gasteiger partial charge in [-0.2, -0.15) is 0 Å². The lowest BCUT2D eigenvalue weighted by atomic mass is 9.79. The number of aryl methyl sites for hydroxylation is 1. The van der Waals surface area contributed by atoms with Gasteiger partial charge in [0.15, 0.2) is 0 Å². The van der Waals surface area contributed by atoms with Gasteiger partial charge in [-0.15, -0.1) is 0 Å². The van der Waals surface area contributed by atoms with Crippen molar-refractivity contribution in [3.8, 4) is 0 Å². The van der Waals surface area contributed by atoms with Crippen LogP contribution in [0.3, 0.4) is 0 Å². The van der Waals surface area contributed by atoms with E-state index in [9.17, 15) is 14.8 Å². The third kappa shape index (κ3) is 4.09. The van der Waals surface area contributed by atoms with Gasteiger partial charge in [-0.25, -0.2) is 4.98 Å². The molecule has 0 spiro atoms. The van der Waals surface area contributed by atoms with Crippen molar-refractivity contribution in [3.05, 3.63) is 65.5 Å². The van der Waals surface area contributed by atoms with Crippen LogP contribution in [0.5, 0.6) is 0 Å². The van der Waals surface area contributed by atoms with Crippen LogP contribution in [0.4, 0.5) is 0 Å². The Balaban J connectivity index is 1.50. The Hall–Kier alpha value is -2.94. The SMILES string of the molecule is [2H]C([2H])([2H])N(C(=O)c1ccc(C2=CCN(C(C)c3cc4c(B(O)O)ccnc4n3C)CC2)cc1)C([2H])([2H])[2H]. The van der Waals surface area contributed by atoms with E-state index in [4.69, 9.17) is 8.22 Å². The van der Waals surface area contributed by atoms with E-state index < -0.39 is 27.0 Å². The van der Waals surface area contributed by atoms with Crippen LogP contribution < -0.4 is 5.46 Å². The molecule has 0 bridgehead atoms. The van der Waals surface area contributed by atoms with Gasteiger partial charge in [0.1, 0.15) is 5.65 Å². The fourth-order valence-electron chi connectivity index (χ4n) is 4.33. The number of carbonyl (C=O) groups is 1. The Kier molecular flexibility index (Phi) is 4.39. The van der Waals surface area contributed by atoms with E-state index in [2.05, 4.69) is 22.9 Å². The van der Waals surface area contributed by atoms with Crippen molar-refractivity contribution in [2.45, 2.75) is 19.4 Å². The van der Waals surface area contributed by atoms with Crippen LogP contribution in [-0.2, 0) is 7.05 Å². The van der Waals surface area contributed by atoms with E-state index in [0.717, 1.165) is 29.8 Å². The van der Waals surface area contributed by atoms with Crippen molar-refractivity contribution in [2.24, 2.45) is 7.05 Å². The Morgan fingerprint density at radius 1 is 1.25 bits per heavy atom. The molecule has 1 unspecified atom stereocenters. The minimum absolute atomic E-state index is 0.00981. The molecule has 2 N–H and O–H groups in total. The van der Waals surface area contributed by atoms with Gasteiger partial charge >= 0.3 is 7.12 Å². The zero-order valence-corrected chi connectivity index (χ0v) is 18.0. The smallest absolute Gasteiger partial charge is 0.423 e. The number of hydrogen-bond acceptors (Lipinski definition) is 5. The standard InChI is InChI=1S/C24H29BN4O3/c1-16(22-15-20-21(25(31)32)9-12-26-23(20)28(22)4)29-13-10-18(11-14-29)17-5-7-19(8-6-17)24(30)27(2)3/h5-10,12,15-16,31-32H,11,13-14H2,1-4H3/i2D3,3D3. The monoisotopic (exact) mass is 438 g/mol. The van der Waals surface area contributed by atoms with Gasteiger partial charge in [-0.3, -0.25) is 9.69 Å². The molecule has 0 saturated carbocycles. The summed E-state index contributed by atoms with van der Waals surface area (Å²) < 4.78 is 46.7. The van der Waals surface area contributed by atoms with Crippen molar-refractivity contribution >= 4 is 35.1 Å². The minimum atomic E-state index is -3.09. The first-order valence-electron chi connectivity index (χ1n) is 13.4. The van der Waals surface area contributed by atoms with E-state index in [-0.39, 0.29) is 16.5 Å². The number of hydrogen-bond donors (Lipinski definition) is 2. The molecule has 3 heterocycles. The van der Waals surface area contributed by atoms with Gasteiger partial charge in [-0.1, -0.05) is 18.2 Å². The number of carbonyl (C=O) groups excluding carboxylic acids is 1. The molecule has 7 nitrogen and oxygen atoms in total. The summed E-state index contributed by atoms with van der Waals surface area (Å²) in [5, 5.41) is 20.1. The number of aromatic nitrogens is 2. The molecule has 166 valence electrons. The Bertz CT molecular complexity index is 1350. The number of benzene rings is 1. The summed E-state index contributed by atoms with van der Waals surface area (Å²) in [7, 11) is 0.320. The predicted molar refractivity (Wildman–Crippen MR) is 128 cm³/mol. The number of amides is 1. The van der Waals surface area contributed by atoms with Crippen molar-refractivity contribution < 1.29 is 23.1 Å². The molecule has 1 amide bonds. The molecule has 0 fully saturated rings. The van der Waals surface area contributed by atoms with Gasteiger partial charge in [0, 0.05) is 71.2 Å². The lowest BCUT2D eigenvalue weighted by Crippen LogP contribution is -2.32. The molecule has 2 aromatic heterocycles. The highest BCUT2D eigenvalue weighted by Gasteiger charge is 2.25. The van der Waals surface area contributed by atoms with Crippen LogP contribution in [0.1, 0.15) is 49.2 Å². The summed E-state index contributed by atoms with van der Waals surface area (Å²) in [6, 6.07) is 9.88. The van der Waals surface area contributed by atoms with Gasteiger partial charge in [0.05, 0.1) is 0 Å². The molecule has 32 heavy (non-hydrogen) atoms. The Morgan fingerprint density at radius 3 is 2.62 bits per heavy atom. The molecule has 0 saturated heterocycles. The van der Waals surface area contributed by atoms with Crippen LogP contribution >= 0.6 is 0 Å². The third-order valence-corrected chi connectivity index (χ3v) is 6.20. The first-order chi connectivity index (χ1) is 17.7. The molecule has 0 aliphatic carbocycles. The Morgan fingerprint density at radius 2 is 2.00 bits per heavy atom. The number of nitrogens with zero attached hydrogens (tertiary/aromatic N) is 4. The minimum Gasteiger partial charge on any atom is -0.423 e. The largest absolute Gasteiger partial charge is 0.489 e. The molecule has 1 aromatic carbocycles. The summed E-state index contributed by atoms with van der Waals surface area (Å²) in [6.45, 7) is -2.68. The van der Waals surface area contributed by atoms with Gasteiger partial charge in [0.2, 0.25) is 0 Å². The highest BCUT2D eigenvalue weighted by atomic mass is 16.4. The first kappa shape index (κ1) is 15.8. The van der Waals surface area contributed by atoms with Crippen molar-refractivity contribution in [2.75, 3.05) is 27.0 Å². The fraction of sp³-hybridized carbons (Fsp3) is 0.333. The van der Waals surface area contributed by atoms with Gasteiger partial charge in [-0.05, 0) is 54.2 Å². The summed E-state index contributed by atoms with van der Waals surface area (Å²) in [4.78, 5) is 19.3. The molecule has 3 aromatic rings. The summed E-state index contributed by atoms with van der Waals surface area (Å²) >= 11 is 0. The van der Waals surface area contributed by atoms with Crippen molar-refractivity contribution in [1.29, 1.82) is 0 Å². The zero-order valence-electron chi connectivity index (χ0n) is 24.0. The lowest BCUT2D eigenvalue weighted by molar-refractivity contribution is 0.0827. The highest BCUT2D eigenvalue weighted by Crippen LogP contribution is 2.30. The molecule has 8 heteroatoms. The topological polar surface area (TPSA) is 81.8 Å². The van der Waals surface area contributed by atoms with Crippen molar-refractivity contribution in [1.82, 2.24) is 19.4 Å². The second-order valence-corrected chi connectivity index (χ2v) is 8.01. The molecule has 1 aliphatic heterocycles.